The van der Waals surface area contributed by atoms with E-state index in [1.165, 1.54) is 6.92 Å². The van der Waals surface area contributed by atoms with Crippen LogP contribution in [-0.2, 0) is 15.7 Å². The van der Waals surface area contributed by atoms with E-state index in [1.54, 1.807) is 6.07 Å². The first kappa shape index (κ1) is 24.0. The second-order valence-electron chi connectivity index (χ2n) is 5.74. The van der Waals surface area contributed by atoms with E-state index in [9.17, 15) is 28.1 Å². The SMILES string of the molecule is CCOC(=O)C(C#N)=Cc1cc(Oc2c(Cl)cc(C(F)(F)F)cc2Cl)ccc1[N+](=O)[O-]. The van der Waals surface area contributed by atoms with Crippen LogP contribution in [0.15, 0.2) is 35.9 Å². The number of nitrogens with zero attached hydrogens (tertiary/aromatic N) is 2. The Hall–Kier alpha value is -3.29. The van der Waals surface area contributed by atoms with Crippen molar-refractivity contribution in [3.05, 3.63) is 67.2 Å². The Bertz CT molecular complexity index is 1090. The van der Waals surface area contributed by atoms with Gasteiger partial charge in [-0.3, -0.25) is 10.1 Å². The van der Waals surface area contributed by atoms with Crippen LogP contribution in [0.4, 0.5) is 18.9 Å². The molecule has 0 heterocycles. The molecule has 0 aliphatic carbocycles. The minimum atomic E-state index is -4.68. The molecule has 0 radical (unpaired) electrons. The summed E-state index contributed by atoms with van der Waals surface area (Å²) in [6.45, 7) is 1.50. The molecule has 0 aliphatic rings. The van der Waals surface area contributed by atoms with E-state index in [2.05, 4.69) is 0 Å². The fourth-order valence-electron chi connectivity index (χ4n) is 2.32. The van der Waals surface area contributed by atoms with Gasteiger partial charge in [-0.05, 0) is 37.3 Å². The van der Waals surface area contributed by atoms with E-state index in [4.69, 9.17) is 37.9 Å². The molecule has 162 valence electrons. The van der Waals surface area contributed by atoms with Crippen molar-refractivity contribution < 1.29 is 32.4 Å². The Morgan fingerprint density at radius 1 is 1.26 bits per heavy atom. The fourth-order valence-corrected chi connectivity index (χ4v) is 2.88. The standard InChI is InChI=1S/C19H11Cl2F3N2O5/c1-2-30-18(27)11(9-25)5-10-6-13(3-4-16(10)26(28)29)31-17-14(20)7-12(8-15(17)21)19(22,23)24/h3-8H,2H2,1H3. The Labute approximate surface area is 183 Å². The van der Waals surface area contributed by atoms with Crippen LogP contribution in [0.2, 0.25) is 10.0 Å². The summed E-state index contributed by atoms with van der Waals surface area (Å²) in [6, 6.07) is 6.08. The van der Waals surface area contributed by atoms with Crippen LogP contribution >= 0.6 is 23.2 Å². The highest BCUT2D eigenvalue weighted by molar-refractivity contribution is 6.37. The van der Waals surface area contributed by atoms with Gasteiger partial charge in [0.05, 0.1) is 32.7 Å². The number of nitro groups is 1. The lowest BCUT2D eigenvalue weighted by atomic mass is 10.1. The molecular weight excluding hydrogens is 464 g/mol. The first-order chi connectivity index (χ1) is 14.5. The van der Waals surface area contributed by atoms with Gasteiger partial charge in [-0.1, -0.05) is 23.2 Å². The fraction of sp³-hybridized carbons (Fsp3) is 0.158. The maximum atomic E-state index is 12.9. The number of alkyl halides is 3. The predicted molar refractivity (Wildman–Crippen MR) is 105 cm³/mol. The van der Waals surface area contributed by atoms with Gasteiger partial charge < -0.3 is 9.47 Å². The van der Waals surface area contributed by atoms with Crippen molar-refractivity contribution in [3.8, 4) is 17.6 Å². The van der Waals surface area contributed by atoms with Crippen molar-refractivity contribution >= 4 is 40.9 Å². The predicted octanol–water partition coefficient (Wildman–Crippen LogP) is 6.18. The molecule has 0 aliphatic heterocycles. The summed E-state index contributed by atoms with van der Waals surface area (Å²) in [5.41, 5.74) is -2.25. The normalized spacial score (nSPS) is 11.6. The van der Waals surface area contributed by atoms with Crippen LogP contribution in [0, 0.1) is 21.4 Å². The van der Waals surface area contributed by atoms with Crippen molar-refractivity contribution in [3.63, 3.8) is 0 Å². The molecule has 0 spiro atoms. The first-order valence-corrected chi connectivity index (χ1v) is 9.05. The minimum absolute atomic E-state index is 0.0198. The van der Waals surface area contributed by atoms with Crippen LogP contribution in [0.1, 0.15) is 18.1 Å². The molecule has 0 aromatic heterocycles. The van der Waals surface area contributed by atoms with Gasteiger partial charge in [-0.25, -0.2) is 4.79 Å². The quantitative estimate of drug-likeness (QED) is 0.163. The summed E-state index contributed by atoms with van der Waals surface area (Å²) in [5, 5.41) is 19.5. The molecule has 2 rings (SSSR count). The molecule has 0 bridgehead atoms. The third-order valence-electron chi connectivity index (χ3n) is 3.66. The Morgan fingerprint density at radius 2 is 1.87 bits per heavy atom. The molecule has 0 atom stereocenters. The van der Waals surface area contributed by atoms with E-state index < -0.39 is 43.9 Å². The number of carbonyl (C=O) groups is 1. The highest BCUT2D eigenvalue weighted by Crippen LogP contribution is 2.42. The average Bonchev–Trinajstić information content (AvgIpc) is 2.68. The van der Waals surface area contributed by atoms with Crippen molar-refractivity contribution in [2.75, 3.05) is 6.61 Å². The van der Waals surface area contributed by atoms with Gasteiger partial charge in [0.25, 0.3) is 5.69 Å². The maximum absolute atomic E-state index is 12.9. The van der Waals surface area contributed by atoms with E-state index >= 15 is 0 Å². The highest BCUT2D eigenvalue weighted by Gasteiger charge is 2.32. The molecule has 0 fully saturated rings. The van der Waals surface area contributed by atoms with Crippen LogP contribution in [0.3, 0.4) is 0 Å². The number of rotatable bonds is 6. The lowest BCUT2D eigenvalue weighted by Gasteiger charge is -2.13. The second kappa shape index (κ2) is 9.68. The van der Waals surface area contributed by atoms with Gasteiger partial charge in [0.1, 0.15) is 17.4 Å². The second-order valence-corrected chi connectivity index (χ2v) is 6.55. The highest BCUT2D eigenvalue weighted by atomic mass is 35.5. The lowest BCUT2D eigenvalue weighted by molar-refractivity contribution is -0.385. The van der Waals surface area contributed by atoms with E-state index in [0.717, 1.165) is 24.3 Å². The number of ether oxygens (including phenoxy) is 2. The molecule has 0 N–H and O–H groups in total. The molecule has 31 heavy (non-hydrogen) atoms. The van der Waals surface area contributed by atoms with Crippen molar-refractivity contribution in [1.82, 2.24) is 0 Å². The van der Waals surface area contributed by atoms with Crippen molar-refractivity contribution in [1.29, 1.82) is 5.26 Å². The zero-order valence-electron chi connectivity index (χ0n) is 15.5. The zero-order chi connectivity index (χ0) is 23.3. The summed E-state index contributed by atoms with van der Waals surface area (Å²) < 4.78 is 48.7. The van der Waals surface area contributed by atoms with E-state index in [-0.39, 0.29) is 23.7 Å². The monoisotopic (exact) mass is 474 g/mol. The molecule has 2 aromatic carbocycles. The van der Waals surface area contributed by atoms with Crippen LogP contribution in [0.5, 0.6) is 11.5 Å². The summed E-state index contributed by atoms with van der Waals surface area (Å²) >= 11 is 11.7. The number of halogens is 5. The van der Waals surface area contributed by atoms with E-state index in [1.807, 2.05) is 0 Å². The summed E-state index contributed by atoms with van der Waals surface area (Å²) in [5.74, 6) is -1.40. The van der Waals surface area contributed by atoms with E-state index in [0.29, 0.717) is 12.1 Å². The van der Waals surface area contributed by atoms with Crippen LogP contribution < -0.4 is 4.74 Å². The smallest absolute Gasteiger partial charge is 0.416 e. The van der Waals surface area contributed by atoms with Crippen molar-refractivity contribution in [2.45, 2.75) is 13.1 Å². The van der Waals surface area contributed by atoms with Gasteiger partial charge in [-0.2, -0.15) is 18.4 Å². The van der Waals surface area contributed by atoms with Gasteiger partial charge in [0.2, 0.25) is 0 Å². The van der Waals surface area contributed by atoms with Crippen LogP contribution in [0.25, 0.3) is 6.08 Å². The van der Waals surface area contributed by atoms with Gasteiger partial charge in [0, 0.05) is 6.07 Å². The van der Waals surface area contributed by atoms with Gasteiger partial charge in [0.15, 0.2) is 5.75 Å². The number of nitro benzene ring substituents is 1. The summed E-state index contributed by atoms with van der Waals surface area (Å²) in [6.07, 6.45) is -3.75. The lowest BCUT2D eigenvalue weighted by Crippen LogP contribution is -2.06. The molecule has 0 saturated heterocycles. The Morgan fingerprint density at radius 3 is 2.35 bits per heavy atom. The van der Waals surface area contributed by atoms with Crippen molar-refractivity contribution in [2.24, 2.45) is 0 Å². The van der Waals surface area contributed by atoms with Gasteiger partial charge >= 0.3 is 12.1 Å². The molecule has 7 nitrogen and oxygen atoms in total. The number of carbonyl (C=O) groups excluding carboxylic acids is 1. The molecule has 0 unspecified atom stereocenters. The third kappa shape index (κ3) is 5.87. The molecule has 12 heteroatoms. The Balaban J connectivity index is 2.51. The molecule has 0 saturated carbocycles. The average molecular weight is 475 g/mol. The zero-order valence-corrected chi connectivity index (χ0v) is 17.0. The summed E-state index contributed by atoms with van der Waals surface area (Å²) in [7, 11) is 0. The molecule has 2 aromatic rings. The third-order valence-corrected chi connectivity index (χ3v) is 4.22. The number of hydrogen-bond acceptors (Lipinski definition) is 6. The topological polar surface area (TPSA) is 102 Å². The molecular formula is C19H11Cl2F3N2O5. The van der Waals surface area contributed by atoms with Crippen LogP contribution in [-0.4, -0.2) is 17.5 Å². The Kier molecular flexibility index (Phi) is 7.49. The number of nitriles is 1. The number of hydrogen-bond donors (Lipinski definition) is 0. The van der Waals surface area contributed by atoms with Gasteiger partial charge in [-0.15, -0.1) is 0 Å². The number of benzene rings is 2. The maximum Gasteiger partial charge on any atom is 0.416 e. The summed E-state index contributed by atoms with van der Waals surface area (Å²) in [4.78, 5) is 22.3. The largest absolute Gasteiger partial charge is 0.462 e. The number of esters is 1. The molecule has 0 amide bonds. The minimum Gasteiger partial charge on any atom is -0.462 e. The first-order valence-electron chi connectivity index (χ1n) is 8.29.